The first-order valence-electron chi connectivity index (χ1n) is 5.80. The topological polar surface area (TPSA) is 47.4 Å². The maximum atomic E-state index is 12.0. The molecule has 17 heavy (non-hydrogen) atoms. The summed E-state index contributed by atoms with van der Waals surface area (Å²) in [4.78, 5) is 17.9. The van der Waals surface area contributed by atoms with Gasteiger partial charge in [0.15, 0.2) is 0 Å². The molecule has 0 aromatic carbocycles. The van der Waals surface area contributed by atoms with Gasteiger partial charge in [-0.15, -0.1) is 0 Å². The molecule has 0 unspecified atom stereocenters. The molecule has 1 saturated heterocycles. The number of nitrogens with zero attached hydrogens (tertiary/aromatic N) is 3. The lowest BCUT2D eigenvalue weighted by Crippen LogP contribution is -2.49. The molecular weight excluding hydrogens is 218 g/mol. The summed E-state index contributed by atoms with van der Waals surface area (Å²) in [6.45, 7) is 6.64. The summed E-state index contributed by atoms with van der Waals surface area (Å²) < 4.78 is 7.05. The van der Waals surface area contributed by atoms with Crippen molar-refractivity contribution in [2.75, 3.05) is 26.8 Å². The number of aryl methyl sites for hydroxylation is 1. The Morgan fingerprint density at radius 3 is 2.82 bits per heavy atom. The smallest absolute Gasteiger partial charge is 0.242 e. The fraction of sp³-hybridized carbons (Fsp3) is 0.667. The average molecular weight is 237 g/mol. The highest BCUT2D eigenvalue weighted by Gasteiger charge is 2.35. The zero-order valence-electron chi connectivity index (χ0n) is 10.6. The minimum absolute atomic E-state index is 0.110. The molecule has 1 amide bonds. The second-order valence-electron chi connectivity index (χ2n) is 5.16. The van der Waals surface area contributed by atoms with E-state index in [-0.39, 0.29) is 11.3 Å². The fourth-order valence-electron chi connectivity index (χ4n) is 2.04. The Bertz CT molecular complexity index is 410. The van der Waals surface area contributed by atoms with E-state index in [2.05, 4.69) is 11.9 Å². The van der Waals surface area contributed by atoms with Gasteiger partial charge in [-0.3, -0.25) is 4.79 Å². The summed E-state index contributed by atoms with van der Waals surface area (Å²) in [5.74, 6) is 0.976. The van der Waals surface area contributed by atoms with Crippen LogP contribution in [0.2, 0.25) is 0 Å². The largest absolute Gasteiger partial charge is 0.380 e. The molecule has 1 aliphatic rings. The zero-order chi connectivity index (χ0) is 12.5. The molecule has 0 aliphatic carbocycles. The summed E-state index contributed by atoms with van der Waals surface area (Å²) in [5.41, 5.74) is 0.133. The third kappa shape index (κ3) is 2.66. The number of imidazole rings is 1. The van der Waals surface area contributed by atoms with Gasteiger partial charge in [0, 0.05) is 31.4 Å². The van der Waals surface area contributed by atoms with Gasteiger partial charge in [-0.1, -0.05) is 6.92 Å². The summed E-state index contributed by atoms with van der Waals surface area (Å²) in [6, 6.07) is 0. The molecule has 0 radical (unpaired) electrons. The minimum atomic E-state index is 0.110. The van der Waals surface area contributed by atoms with Gasteiger partial charge in [0.2, 0.25) is 5.91 Å². The lowest BCUT2D eigenvalue weighted by molar-refractivity contribution is -0.142. The van der Waals surface area contributed by atoms with Crippen LogP contribution in [-0.2, 0) is 16.1 Å². The zero-order valence-corrected chi connectivity index (χ0v) is 10.6. The van der Waals surface area contributed by atoms with Crippen LogP contribution >= 0.6 is 0 Å². The Kier molecular flexibility index (Phi) is 3.19. The molecule has 0 N–H and O–H groups in total. The number of hydrogen-bond acceptors (Lipinski definition) is 3. The lowest BCUT2D eigenvalue weighted by atomic mass is 9.88. The van der Waals surface area contributed by atoms with Gasteiger partial charge in [0.05, 0.1) is 13.2 Å². The Morgan fingerprint density at radius 2 is 2.35 bits per heavy atom. The van der Waals surface area contributed by atoms with Crippen molar-refractivity contribution in [1.82, 2.24) is 14.5 Å². The van der Waals surface area contributed by atoms with E-state index in [0.717, 1.165) is 25.6 Å². The molecule has 1 aromatic heterocycles. The SMILES string of the molecule is Cc1nccn1CC(=O)N(C)CC1(C)COC1. The van der Waals surface area contributed by atoms with Crippen LogP contribution in [0.1, 0.15) is 12.7 Å². The van der Waals surface area contributed by atoms with Gasteiger partial charge >= 0.3 is 0 Å². The van der Waals surface area contributed by atoms with Crippen molar-refractivity contribution in [2.24, 2.45) is 5.41 Å². The Balaban J connectivity index is 1.89. The molecule has 5 heteroatoms. The van der Waals surface area contributed by atoms with Crippen LogP contribution in [0.3, 0.4) is 0 Å². The molecule has 0 spiro atoms. The lowest BCUT2D eigenvalue weighted by Gasteiger charge is -2.40. The summed E-state index contributed by atoms with van der Waals surface area (Å²) in [7, 11) is 1.85. The molecule has 2 heterocycles. The second-order valence-corrected chi connectivity index (χ2v) is 5.16. The number of amides is 1. The van der Waals surface area contributed by atoms with Crippen molar-refractivity contribution < 1.29 is 9.53 Å². The Morgan fingerprint density at radius 1 is 1.65 bits per heavy atom. The molecule has 1 aromatic rings. The molecule has 1 fully saturated rings. The highest BCUT2D eigenvalue weighted by Crippen LogP contribution is 2.27. The van der Waals surface area contributed by atoms with Crippen molar-refractivity contribution in [3.8, 4) is 0 Å². The number of carbonyl (C=O) groups excluding carboxylic acids is 1. The number of rotatable bonds is 4. The van der Waals surface area contributed by atoms with Gasteiger partial charge in [-0.25, -0.2) is 4.98 Å². The highest BCUT2D eigenvalue weighted by atomic mass is 16.5. The van der Waals surface area contributed by atoms with Crippen LogP contribution in [0.5, 0.6) is 0 Å². The number of carbonyl (C=O) groups is 1. The van der Waals surface area contributed by atoms with Crippen LogP contribution in [0.15, 0.2) is 12.4 Å². The van der Waals surface area contributed by atoms with E-state index in [1.807, 2.05) is 24.7 Å². The second kappa shape index (κ2) is 4.49. The summed E-state index contributed by atoms with van der Waals surface area (Å²) in [5, 5.41) is 0. The van der Waals surface area contributed by atoms with E-state index < -0.39 is 0 Å². The first kappa shape index (κ1) is 12.1. The van der Waals surface area contributed by atoms with Crippen LogP contribution in [-0.4, -0.2) is 47.2 Å². The molecule has 94 valence electrons. The van der Waals surface area contributed by atoms with Crippen molar-refractivity contribution in [3.05, 3.63) is 18.2 Å². The third-order valence-electron chi connectivity index (χ3n) is 3.17. The van der Waals surface area contributed by atoms with Crippen LogP contribution in [0, 0.1) is 12.3 Å². The van der Waals surface area contributed by atoms with E-state index in [9.17, 15) is 4.79 Å². The molecule has 2 rings (SSSR count). The number of hydrogen-bond donors (Lipinski definition) is 0. The first-order valence-corrected chi connectivity index (χ1v) is 5.80. The molecular formula is C12H19N3O2. The van der Waals surface area contributed by atoms with Gasteiger partial charge in [-0.2, -0.15) is 0 Å². The summed E-state index contributed by atoms with van der Waals surface area (Å²) in [6.07, 6.45) is 3.54. The normalized spacial score (nSPS) is 17.6. The van der Waals surface area contributed by atoms with Gasteiger partial charge < -0.3 is 14.2 Å². The van der Waals surface area contributed by atoms with Crippen molar-refractivity contribution in [1.29, 1.82) is 0 Å². The predicted octanol–water partition coefficient (Wildman–Crippen LogP) is 0.686. The standard InChI is InChI=1S/C12H19N3O2/c1-10-13-4-5-15(10)6-11(16)14(3)7-12(2)8-17-9-12/h4-5H,6-9H2,1-3H3. The van der Waals surface area contributed by atoms with Crippen LogP contribution < -0.4 is 0 Å². The first-order chi connectivity index (χ1) is 8.00. The number of aromatic nitrogens is 2. The summed E-state index contributed by atoms with van der Waals surface area (Å²) >= 11 is 0. The molecule has 1 aliphatic heterocycles. The molecule has 0 atom stereocenters. The van der Waals surface area contributed by atoms with E-state index in [0.29, 0.717) is 6.54 Å². The van der Waals surface area contributed by atoms with Crippen molar-refractivity contribution in [2.45, 2.75) is 20.4 Å². The Hall–Kier alpha value is -1.36. The molecule has 5 nitrogen and oxygen atoms in total. The average Bonchev–Trinajstić information content (AvgIpc) is 2.62. The van der Waals surface area contributed by atoms with Gasteiger partial charge in [-0.05, 0) is 6.92 Å². The van der Waals surface area contributed by atoms with Gasteiger partial charge in [0.25, 0.3) is 0 Å². The van der Waals surface area contributed by atoms with E-state index in [1.54, 1.807) is 11.1 Å². The molecule has 0 bridgehead atoms. The van der Waals surface area contributed by atoms with E-state index in [1.165, 1.54) is 0 Å². The van der Waals surface area contributed by atoms with Crippen LogP contribution in [0.25, 0.3) is 0 Å². The maximum Gasteiger partial charge on any atom is 0.242 e. The van der Waals surface area contributed by atoms with E-state index >= 15 is 0 Å². The third-order valence-corrected chi connectivity index (χ3v) is 3.17. The Labute approximate surface area is 101 Å². The predicted molar refractivity (Wildman–Crippen MR) is 63.5 cm³/mol. The fourth-order valence-corrected chi connectivity index (χ4v) is 2.04. The van der Waals surface area contributed by atoms with Gasteiger partial charge in [0.1, 0.15) is 12.4 Å². The number of ether oxygens (including phenoxy) is 1. The van der Waals surface area contributed by atoms with Crippen LogP contribution in [0.4, 0.5) is 0 Å². The monoisotopic (exact) mass is 237 g/mol. The highest BCUT2D eigenvalue weighted by molar-refractivity contribution is 5.75. The minimum Gasteiger partial charge on any atom is -0.380 e. The maximum absolute atomic E-state index is 12.0. The van der Waals surface area contributed by atoms with E-state index in [4.69, 9.17) is 4.74 Å². The van der Waals surface area contributed by atoms with Crippen molar-refractivity contribution >= 4 is 5.91 Å². The quantitative estimate of drug-likeness (QED) is 0.774. The molecule has 0 saturated carbocycles. The number of likely N-dealkylation sites (N-methyl/N-ethyl adjacent to an activating group) is 1. The van der Waals surface area contributed by atoms with Crippen molar-refractivity contribution in [3.63, 3.8) is 0 Å².